The minimum Gasteiger partial charge on any atom is -0.357 e. The summed E-state index contributed by atoms with van der Waals surface area (Å²) in [5, 5.41) is 9.21. The van der Waals surface area contributed by atoms with Crippen LogP contribution in [0.1, 0.15) is 87.1 Å². The van der Waals surface area contributed by atoms with Gasteiger partial charge in [-0.2, -0.15) is 0 Å². The van der Waals surface area contributed by atoms with Gasteiger partial charge in [0.05, 0.1) is 0 Å². The molecule has 0 bridgehead atoms. The van der Waals surface area contributed by atoms with Gasteiger partial charge in [-0.1, -0.05) is 69.3 Å². The van der Waals surface area contributed by atoms with Crippen molar-refractivity contribution >= 4 is 35.0 Å². The van der Waals surface area contributed by atoms with E-state index in [-0.39, 0.29) is 29.6 Å². The van der Waals surface area contributed by atoms with E-state index in [9.17, 15) is 14.4 Å². The molecule has 1 aliphatic rings. The van der Waals surface area contributed by atoms with E-state index < -0.39 is 6.04 Å². The summed E-state index contributed by atoms with van der Waals surface area (Å²) in [5.74, 6) is 0.0128. The maximum absolute atomic E-state index is 13.5. The van der Waals surface area contributed by atoms with E-state index in [0.717, 1.165) is 44.1 Å². The first kappa shape index (κ1) is 28.7. The van der Waals surface area contributed by atoms with E-state index in [2.05, 4.69) is 22.9 Å². The molecule has 37 heavy (non-hydrogen) atoms. The lowest BCUT2D eigenvalue weighted by molar-refractivity contribution is -0.123. The van der Waals surface area contributed by atoms with Gasteiger partial charge in [0.25, 0.3) is 5.91 Å². The predicted molar refractivity (Wildman–Crippen MR) is 150 cm³/mol. The second-order valence-electron chi connectivity index (χ2n) is 10.1. The molecule has 3 amide bonds. The largest absolute Gasteiger partial charge is 0.357 e. The monoisotopic (exact) mass is 525 g/mol. The van der Waals surface area contributed by atoms with E-state index in [1.165, 1.54) is 6.42 Å². The lowest BCUT2D eigenvalue weighted by atomic mass is 9.69. The summed E-state index contributed by atoms with van der Waals surface area (Å²) in [5.41, 5.74) is 2.13. The Labute approximate surface area is 225 Å². The number of rotatable bonds is 11. The summed E-state index contributed by atoms with van der Waals surface area (Å²) in [6, 6.07) is 14.2. The highest BCUT2D eigenvalue weighted by atomic mass is 35.5. The minimum absolute atomic E-state index is 0.0290. The van der Waals surface area contributed by atoms with Crippen molar-refractivity contribution in [1.82, 2.24) is 10.6 Å². The number of halogens is 1. The molecule has 1 unspecified atom stereocenters. The highest BCUT2D eigenvalue weighted by molar-refractivity contribution is 6.30. The standard InChI is InChI=1S/C30H40ClN3O3/c1-4-6-11-27(30(37)32-3)34-28(35)22-9-7-10-24(19-22)33-29(36)25-17-12-20(8-5-2)18-26(25)21-13-15-23(31)16-14-21/h7,9-10,13-16,19-20,25-27H,4-6,8,11-12,17-18H2,1-3H3,(H,32,37)(H,33,36)(H,34,35)/t20?,25-,26+,27-/m0/s1. The van der Waals surface area contributed by atoms with E-state index in [1.807, 2.05) is 31.2 Å². The van der Waals surface area contributed by atoms with Crippen LogP contribution in [-0.2, 0) is 9.59 Å². The van der Waals surface area contributed by atoms with Crippen LogP contribution in [0.15, 0.2) is 48.5 Å². The topological polar surface area (TPSA) is 87.3 Å². The van der Waals surface area contributed by atoms with Crippen LogP contribution >= 0.6 is 11.6 Å². The van der Waals surface area contributed by atoms with E-state index in [4.69, 9.17) is 11.6 Å². The van der Waals surface area contributed by atoms with Crippen molar-refractivity contribution in [2.45, 2.75) is 77.2 Å². The van der Waals surface area contributed by atoms with Gasteiger partial charge in [-0.05, 0) is 73.4 Å². The summed E-state index contributed by atoms with van der Waals surface area (Å²) < 4.78 is 0. The molecule has 2 aromatic carbocycles. The summed E-state index contributed by atoms with van der Waals surface area (Å²) in [7, 11) is 1.57. The SMILES string of the molecule is CCCC[C@H](NC(=O)c1cccc(NC(=O)[C@H]2CCC(CCC)C[C@@H]2c2ccc(Cl)cc2)c1)C(=O)NC. The maximum Gasteiger partial charge on any atom is 0.252 e. The molecule has 0 radical (unpaired) electrons. The van der Waals surface area contributed by atoms with Gasteiger partial charge in [-0.3, -0.25) is 14.4 Å². The van der Waals surface area contributed by atoms with Gasteiger partial charge >= 0.3 is 0 Å². The molecule has 1 saturated carbocycles. The molecule has 6 nitrogen and oxygen atoms in total. The van der Waals surface area contributed by atoms with E-state index in [0.29, 0.717) is 28.6 Å². The van der Waals surface area contributed by atoms with Crippen molar-refractivity contribution in [2.24, 2.45) is 11.8 Å². The molecular weight excluding hydrogens is 486 g/mol. The summed E-state index contributed by atoms with van der Waals surface area (Å²) in [6.07, 6.45) is 7.51. The lowest BCUT2D eigenvalue weighted by Crippen LogP contribution is -2.45. The summed E-state index contributed by atoms with van der Waals surface area (Å²) in [4.78, 5) is 38.6. The normalized spacial score (nSPS) is 20.1. The highest BCUT2D eigenvalue weighted by Gasteiger charge is 2.35. The number of likely N-dealkylation sites (N-methyl/N-ethyl adjacent to an activating group) is 1. The molecule has 1 fully saturated rings. The smallest absolute Gasteiger partial charge is 0.252 e. The number of hydrogen-bond donors (Lipinski definition) is 3. The number of hydrogen-bond acceptors (Lipinski definition) is 3. The molecule has 2 aromatic rings. The van der Waals surface area contributed by atoms with Crippen LogP contribution in [0.4, 0.5) is 5.69 Å². The van der Waals surface area contributed by atoms with E-state index in [1.54, 1.807) is 31.3 Å². The van der Waals surface area contributed by atoms with Crippen LogP contribution in [0, 0.1) is 11.8 Å². The third-order valence-corrected chi connectivity index (χ3v) is 7.65. The van der Waals surface area contributed by atoms with Gasteiger partial charge in [0.15, 0.2) is 0 Å². The number of nitrogens with one attached hydrogen (secondary N) is 3. The van der Waals surface area contributed by atoms with Crippen LogP contribution in [0.5, 0.6) is 0 Å². The van der Waals surface area contributed by atoms with Crippen molar-refractivity contribution in [1.29, 1.82) is 0 Å². The van der Waals surface area contributed by atoms with Crippen LogP contribution in [-0.4, -0.2) is 30.8 Å². The molecule has 3 N–H and O–H groups in total. The maximum atomic E-state index is 13.5. The van der Waals surface area contributed by atoms with Gasteiger partial charge in [-0.25, -0.2) is 0 Å². The zero-order valence-electron chi connectivity index (χ0n) is 22.2. The number of benzene rings is 2. The lowest BCUT2D eigenvalue weighted by Gasteiger charge is -2.36. The third-order valence-electron chi connectivity index (χ3n) is 7.40. The fourth-order valence-electron chi connectivity index (χ4n) is 5.39. The van der Waals surface area contributed by atoms with Crippen LogP contribution in [0.25, 0.3) is 0 Å². The molecule has 0 heterocycles. The van der Waals surface area contributed by atoms with Crippen LogP contribution in [0.2, 0.25) is 5.02 Å². The Morgan fingerprint density at radius 3 is 2.46 bits per heavy atom. The van der Waals surface area contributed by atoms with Gasteiger partial charge in [0.1, 0.15) is 6.04 Å². The molecule has 0 aliphatic heterocycles. The number of unbranched alkanes of at least 4 members (excludes halogenated alkanes) is 1. The molecule has 4 atom stereocenters. The second-order valence-corrected chi connectivity index (χ2v) is 10.5. The third kappa shape index (κ3) is 8.06. The molecule has 200 valence electrons. The predicted octanol–water partition coefficient (Wildman–Crippen LogP) is 6.31. The van der Waals surface area contributed by atoms with E-state index >= 15 is 0 Å². The Kier molecular flexibility index (Phi) is 11.0. The Morgan fingerprint density at radius 1 is 1.03 bits per heavy atom. The molecule has 3 rings (SSSR count). The van der Waals surface area contributed by atoms with Crippen LogP contribution < -0.4 is 16.0 Å². The van der Waals surface area contributed by atoms with Gasteiger partial charge in [-0.15, -0.1) is 0 Å². The van der Waals surface area contributed by atoms with Crippen molar-refractivity contribution < 1.29 is 14.4 Å². The number of carbonyl (C=O) groups is 3. The average Bonchev–Trinajstić information content (AvgIpc) is 2.91. The molecule has 1 aliphatic carbocycles. The zero-order chi connectivity index (χ0) is 26.8. The zero-order valence-corrected chi connectivity index (χ0v) is 22.9. The number of carbonyl (C=O) groups excluding carboxylic acids is 3. The Balaban J connectivity index is 1.73. The first-order valence-electron chi connectivity index (χ1n) is 13.5. The molecule has 7 heteroatoms. The quantitative estimate of drug-likeness (QED) is 0.321. The Hall–Kier alpha value is -2.86. The van der Waals surface area contributed by atoms with Crippen molar-refractivity contribution in [3.05, 3.63) is 64.7 Å². The minimum atomic E-state index is -0.589. The first-order valence-corrected chi connectivity index (χ1v) is 13.9. The fraction of sp³-hybridized carbons (Fsp3) is 0.500. The van der Waals surface area contributed by atoms with Crippen molar-refractivity contribution in [3.8, 4) is 0 Å². The Bertz CT molecular complexity index is 1060. The molecule has 0 spiro atoms. The molecule has 0 aromatic heterocycles. The van der Waals surface area contributed by atoms with Gasteiger partial charge in [0.2, 0.25) is 11.8 Å². The first-order chi connectivity index (χ1) is 17.9. The number of amides is 3. The average molecular weight is 526 g/mol. The van der Waals surface area contributed by atoms with Gasteiger partial charge in [0, 0.05) is 29.2 Å². The summed E-state index contributed by atoms with van der Waals surface area (Å²) >= 11 is 6.12. The Morgan fingerprint density at radius 2 is 1.78 bits per heavy atom. The fourth-order valence-corrected chi connectivity index (χ4v) is 5.51. The van der Waals surface area contributed by atoms with Crippen molar-refractivity contribution in [3.63, 3.8) is 0 Å². The molecule has 0 saturated heterocycles. The summed E-state index contributed by atoms with van der Waals surface area (Å²) in [6.45, 7) is 4.25. The van der Waals surface area contributed by atoms with Gasteiger partial charge < -0.3 is 16.0 Å². The van der Waals surface area contributed by atoms with Crippen LogP contribution in [0.3, 0.4) is 0 Å². The second kappa shape index (κ2) is 14.2. The molecular formula is C30H40ClN3O3. The number of anilines is 1. The van der Waals surface area contributed by atoms with Crippen molar-refractivity contribution in [2.75, 3.05) is 12.4 Å². The highest BCUT2D eigenvalue weighted by Crippen LogP contribution is 2.43.